The Morgan fingerprint density at radius 3 is 2.60 bits per heavy atom. The lowest BCUT2D eigenvalue weighted by Crippen LogP contribution is -2.32. The van der Waals surface area contributed by atoms with Crippen LogP contribution in [0.3, 0.4) is 0 Å². The summed E-state index contributed by atoms with van der Waals surface area (Å²) in [7, 11) is 2.26. The fourth-order valence-electron chi connectivity index (χ4n) is 2.07. The van der Waals surface area contributed by atoms with Crippen molar-refractivity contribution in [3.8, 4) is 0 Å². The molecule has 1 aliphatic rings. The zero-order valence-electron chi connectivity index (χ0n) is 10.8. The van der Waals surface area contributed by atoms with Crippen molar-refractivity contribution >= 4 is 0 Å². The number of hydrogen-bond donors (Lipinski definition) is 1. The van der Waals surface area contributed by atoms with Gasteiger partial charge in [0.1, 0.15) is 0 Å². The lowest BCUT2D eigenvalue weighted by molar-refractivity contribution is 0.203. The number of rotatable bonds is 8. The molecular formula is C13H28N2. The van der Waals surface area contributed by atoms with E-state index in [-0.39, 0.29) is 0 Å². The van der Waals surface area contributed by atoms with E-state index in [2.05, 4.69) is 31.1 Å². The summed E-state index contributed by atoms with van der Waals surface area (Å²) in [5.74, 6) is 1.79. The van der Waals surface area contributed by atoms with E-state index in [9.17, 15) is 0 Å². The molecule has 1 fully saturated rings. The van der Waals surface area contributed by atoms with Crippen LogP contribution >= 0.6 is 0 Å². The van der Waals surface area contributed by atoms with Crippen molar-refractivity contribution in [2.45, 2.75) is 39.5 Å². The summed E-state index contributed by atoms with van der Waals surface area (Å²) in [6, 6.07) is 0. The molecule has 0 amide bonds. The first-order valence-corrected chi connectivity index (χ1v) is 6.57. The van der Waals surface area contributed by atoms with Gasteiger partial charge in [0, 0.05) is 6.54 Å². The number of nitrogens with zero attached hydrogens (tertiary/aromatic N) is 1. The van der Waals surface area contributed by atoms with E-state index in [0.717, 1.165) is 18.4 Å². The van der Waals surface area contributed by atoms with E-state index in [4.69, 9.17) is 0 Å². The van der Waals surface area contributed by atoms with Crippen LogP contribution in [0.5, 0.6) is 0 Å². The molecule has 15 heavy (non-hydrogen) atoms. The maximum atomic E-state index is 3.49. The van der Waals surface area contributed by atoms with Crippen LogP contribution < -0.4 is 5.32 Å². The van der Waals surface area contributed by atoms with Crippen LogP contribution in [-0.2, 0) is 0 Å². The quantitative estimate of drug-likeness (QED) is 0.621. The number of nitrogens with one attached hydrogen (secondary N) is 1. The molecule has 0 saturated heterocycles. The largest absolute Gasteiger partial charge is 0.316 e. The lowest BCUT2D eigenvalue weighted by Gasteiger charge is -2.30. The molecule has 1 saturated carbocycles. The van der Waals surface area contributed by atoms with Crippen molar-refractivity contribution in [3.63, 3.8) is 0 Å². The first-order chi connectivity index (χ1) is 7.18. The molecule has 1 N–H and O–H groups in total. The Labute approximate surface area is 95.4 Å². The zero-order chi connectivity index (χ0) is 11.1. The van der Waals surface area contributed by atoms with Gasteiger partial charge in [-0.25, -0.2) is 0 Å². The molecule has 0 aromatic rings. The maximum absolute atomic E-state index is 3.49. The highest BCUT2D eigenvalue weighted by Gasteiger charge is 2.18. The highest BCUT2D eigenvalue weighted by Crippen LogP contribution is 2.26. The summed E-state index contributed by atoms with van der Waals surface area (Å²) in [5.41, 5.74) is 0. The van der Waals surface area contributed by atoms with Crippen molar-refractivity contribution < 1.29 is 0 Å². The number of hydrogen-bond acceptors (Lipinski definition) is 2. The van der Waals surface area contributed by atoms with Crippen LogP contribution in [-0.4, -0.2) is 38.1 Å². The fourth-order valence-corrected chi connectivity index (χ4v) is 2.07. The van der Waals surface area contributed by atoms with E-state index in [1.165, 1.54) is 45.3 Å². The average Bonchev–Trinajstić information content (AvgIpc) is 2.10. The van der Waals surface area contributed by atoms with Gasteiger partial charge < -0.3 is 10.2 Å². The Morgan fingerprint density at radius 2 is 2.07 bits per heavy atom. The molecule has 0 aromatic carbocycles. The summed E-state index contributed by atoms with van der Waals surface area (Å²) in [5, 5.41) is 3.49. The molecular weight excluding hydrogens is 184 g/mol. The third kappa shape index (κ3) is 6.16. The van der Waals surface area contributed by atoms with Crippen LogP contribution in [0.15, 0.2) is 0 Å². The SMILES string of the molecule is CC(C)CNCCCN(C)CC1CCC1. The van der Waals surface area contributed by atoms with Crippen LogP contribution in [0.1, 0.15) is 39.5 Å². The highest BCUT2D eigenvalue weighted by atomic mass is 15.1. The summed E-state index contributed by atoms with van der Waals surface area (Å²) in [4.78, 5) is 2.50. The topological polar surface area (TPSA) is 15.3 Å². The minimum Gasteiger partial charge on any atom is -0.316 e. The van der Waals surface area contributed by atoms with Gasteiger partial charge in [-0.3, -0.25) is 0 Å². The standard InChI is InChI=1S/C13H28N2/c1-12(2)10-14-8-5-9-15(3)11-13-6-4-7-13/h12-14H,4-11H2,1-3H3. The van der Waals surface area contributed by atoms with Gasteiger partial charge in [0.25, 0.3) is 0 Å². The van der Waals surface area contributed by atoms with E-state index < -0.39 is 0 Å². The lowest BCUT2D eigenvalue weighted by atomic mass is 9.85. The van der Waals surface area contributed by atoms with Crippen LogP contribution in [0.25, 0.3) is 0 Å². The molecule has 0 bridgehead atoms. The Hall–Kier alpha value is -0.0800. The van der Waals surface area contributed by atoms with Gasteiger partial charge in [-0.05, 0) is 57.8 Å². The second-order valence-corrected chi connectivity index (χ2v) is 5.51. The van der Waals surface area contributed by atoms with E-state index in [1.54, 1.807) is 0 Å². The van der Waals surface area contributed by atoms with Gasteiger partial charge in [0.2, 0.25) is 0 Å². The van der Waals surface area contributed by atoms with Gasteiger partial charge >= 0.3 is 0 Å². The van der Waals surface area contributed by atoms with Crippen molar-refractivity contribution in [2.75, 3.05) is 33.2 Å². The summed E-state index contributed by atoms with van der Waals surface area (Å²) in [6.45, 7) is 9.43. The first-order valence-electron chi connectivity index (χ1n) is 6.57. The summed E-state index contributed by atoms with van der Waals surface area (Å²) in [6.07, 6.45) is 5.69. The fraction of sp³-hybridized carbons (Fsp3) is 1.00. The van der Waals surface area contributed by atoms with Gasteiger partial charge in [0.05, 0.1) is 0 Å². The predicted octanol–water partition coefficient (Wildman–Crippen LogP) is 2.35. The zero-order valence-corrected chi connectivity index (χ0v) is 10.8. The first kappa shape index (κ1) is 13.0. The Kier molecular flexibility index (Phi) is 6.26. The highest BCUT2D eigenvalue weighted by molar-refractivity contribution is 4.72. The molecule has 0 heterocycles. The summed E-state index contributed by atoms with van der Waals surface area (Å²) >= 11 is 0. The molecule has 2 heteroatoms. The third-order valence-electron chi connectivity index (χ3n) is 3.24. The normalized spacial score (nSPS) is 17.4. The molecule has 0 aliphatic heterocycles. The van der Waals surface area contributed by atoms with Crippen LogP contribution in [0, 0.1) is 11.8 Å². The smallest absolute Gasteiger partial charge is 0.000661 e. The third-order valence-corrected chi connectivity index (χ3v) is 3.24. The van der Waals surface area contributed by atoms with E-state index >= 15 is 0 Å². The van der Waals surface area contributed by atoms with Gasteiger partial charge in [-0.2, -0.15) is 0 Å². The Balaban J connectivity index is 1.85. The van der Waals surface area contributed by atoms with Crippen LogP contribution in [0.4, 0.5) is 0 Å². The molecule has 90 valence electrons. The van der Waals surface area contributed by atoms with E-state index in [0.29, 0.717) is 0 Å². The van der Waals surface area contributed by atoms with Gasteiger partial charge in [0.15, 0.2) is 0 Å². The van der Waals surface area contributed by atoms with Gasteiger partial charge in [-0.1, -0.05) is 20.3 Å². The monoisotopic (exact) mass is 212 g/mol. The maximum Gasteiger partial charge on any atom is 0.000661 e. The second kappa shape index (κ2) is 7.24. The van der Waals surface area contributed by atoms with E-state index in [1.807, 2.05) is 0 Å². The molecule has 0 spiro atoms. The predicted molar refractivity (Wildman–Crippen MR) is 67.2 cm³/mol. The second-order valence-electron chi connectivity index (χ2n) is 5.51. The van der Waals surface area contributed by atoms with Crippen LogP contribution in [0.2, 0.25) is 0 Å². The van der Waals surface area contributed by atoms with Crippen molar-refractivity contribution in [1.29, 1.82) is 0 Å². The molecule has 0 radical (unpaired) electrons. The van der Waals surface area contributed by atoms with Crippen molar-refractivity contribution in [2.24, 2.45) is 11.8 Å². The molecule has 0 unspecified atom stereocenters. The molecule has 2 nitrogen and oxygen atoms in total. The minimum atomic E-state index is 0.776. The van der Waals surface area contributed by atoms with Gasteiger partial charge in [-0.15, -0.1) is 0 Å². The average molecular weight is 212 g/mol. The molecule has 0 aromatic heterocycles. The summed E-state index contributed by atoms with van der Waals surface area (Å²) < 4.78 is 0. The molecule has 0 atom stereocenters. The van der Waals surface area contributed by atoms with Crippen molar-refractivity contribution in [3.05, 3.63) is 0 Å². The molecule has 1 aliphatic carbocycles. The van der Waals surface area contributed by atoms with Crippen molar-refractivity contribution in [1.82, 2.24) is 10.2 Å². The minimum absolute atomic E-state index is 0.776. The molecule has 1 rings (SSSR count). The Bertz CT molecular complexity index is 153. The Morgan fingerprint density at radius 1 is 1.33 bits per heavy atom.